The summed E-state index contributed by atoms with van der Waals surface area (Å²) in [4.78, 5) is 1.23. The zero-order valence-corrected chi connectivity index (χ0v) is 11.8. The monoisotopic (exact) mass is 267 g/mol. The molecule has 1 heterocycles. The Labute approximate surface area is 117 Å². The SMILES string of the molecule is CCc1cccc(C(N)c2cc3ccccc3s2)c1. The highest BCUT2D eigenvalue weighted by molar-refractivity contribution is 7.19. The summed E-state index contributed by atoms with van der Waals surface area (Å²) in [6, 6.07) is 19.2. The van der Waals surface area contributed by atoms with Crippen molar-refractivity contribution in [3.8, 4) is 0 Å². The number of nitrogens with two attached hydrogens (primary N) is 1. The lowest BCUT2D eigenvalue weighted by Gasteiger charge is -2.11. The molecule has 19 heavy (non-hydrogen) atoms. The summed E-state index contributed by atoms with van der Waals surface area (Å²) >= 11 is 1.79. The van der Waals surface area contributed by atoms with Crippen molar-refractivity contribution in [2.45, 2.75) is 19.4 Å². The fourth-order valence-electron chi connectivity index (χ4n) is 2.33. The molecule has 0 spiro atoms. The number of rotatable bonds is 3. The van der Waals surface area contributed by atoms with Crippen molar-refractivity contribution in [3.05, 3.63) is 70.6 Å². The lowest BCUT2D eigenvalue weighted by Crippen LogP contribution is -2.10. The largest absolute Gasteiger partial charge is 0.320 e. The molecule has 0 aliphatic rings. The molecule has 0 fully saturated rings. The third-order valence-corrected chi connectivity index (χ3v) is 4.67. The highest BCUT2D eigenvalue weighted by Crippen LogP contribution is 2.31. The standard InChI is InChI=1S/C17H17NS/c1-2-12-6-5-8-14(10-12)17(18)16-11-13-7-3-4-9-15(13)19-16/h3-11,17H,2,18H2,1H3. The molecule has 3 aromatic rings. The van der Waals surface area contributed by atoms with E-state index in [1.165, 1.54) is 26.1 Å². The first kappa shape index (κ1) is 12.4. The van der Waals surface area contributed by atoms with Crippen LogP contribution in [0.15, 0.2) is 54.6 Å². The molecule has 1 aromatic heterocycles. The Balaban J connectivity index is 2.00. The molecule has 1 atom stereocenters. The average molecular weight is 267 g/mol. The van der Waals surface area contributed by atoms with Crippen LogP contribution in [0.5, 0.6) is 0 Å². The molecule has 0 saturated carbocycles. The van der Waals surface area contributed by atoms with Gasteiger partial charge in [0.15, 0.2) is 0 Å². The Kier molecular flexibility index (Phi) is 3.36. The van der Waals surface area contributed by atoms with Crippen LogP contribution in [-0.4, -0.2) is 0 Å². The van der Waals surface area contributed by atoms with Crippen LogP contribution in [0.25, 0.3) is 10.1 Å². The van der Waals surface area contributed by atoms with E-state index < -0.39 is 0 Å². The van der Waals surface area contributed by atoms with Gasteiger partial charge in [0.25, 0.3) is 0 Å². The molecule has 0 aliphatic heterocycles. The van der Waals surface area contributed by atoms with Gasteiger partial charge < -0.3 is 5.73 Å². The average Bonchev–Trinajstić information content (AvgIpc) is 2.90. The molecule has 0 saturated heterocycles. The number of aryl methyl sites for hydroxylation is 1. The summed E-state index contributed by atoms with van der Waals surface area (Å²) in [6.45, 7) is 2.17. The second-order valence-corrected chi connectivity index (χ2v) is 5.88. The minimum absolute atomic E-state index is 0.0242. The summed E-state index contributed by atoms with van der Waals surface area (Å²) < 4.78 is 1.31. The Hall–Kier alpha value is -1.64. The van der Waals surface area contributed by atoms with E-state index in [0.29, 0.717) is 0 Å². The topological polar surface area (TPSA) is 26.0 Å². The zero-order valence-electron chi connectivity index (χ0n) is 11.0. The van der Waals surface area contributed by atoms with Crippen molar-refractivity contribution in [1.29, 1.82) is 0 Å². The quantitative estimate of drug-likeness (QED) is 0.742. The van der Waals surface area contributed by atoms with Gasteiger partial charge in [-0.15, -0.1) is 11.3 Å². The Morgan fingerprint density at radius 2 is 1.89 bits per heavy atom. The van der Waals surface area contributed by atoms with Crippen molar-refractivity contribution >= 4 is 21.4 Å². The predicted octanol–water partition coefficient (Wildman–Crippen LogP) is 4.51. The zero-order chi connectivity index (χ0) is 13.2. The molecular weight excluding hydrogens is 250 g/mol. The summed E-state index contributed by atoms with van der Waals surface area (Å²) in [7, 11) is 0. The van der Waals surface area contributed by atoms with E-state index in [9.17, 15) is 0 Å². The minimum atomic E-state index is -0.0242. The van der Waals surface area contributed by atoms with Crippen molar-refractivity contribution in [3.63, 3.8) is 0 Å². The summed E-state index contributed by atoms with van der Waals surface area (Å²) in [5.74, 6) is 0. The highest BCUT2D eigenvalue weighted by atomic mass is 32.1. The molecule has 1 unspecified atom stereocenters. The van der Waals surface area contributed by atoms with Crippen LogP contribution in [0.2, 0.25) is 0 Å². The maximum absolute atomic E-state index is 6.41. The third kappa shape index (κ3) is 2.42. The van der Waals surface area contributed by atoms with Gasteiger partial charge in [0, 0.05) is 9.58 Å². The van der Waals surface area contributed by atoms with E-state index in [0.717, 1.165) is 6.42 Å². The Morgan fingerprint density at radius 3 is 2.68 bits per heavy atom. The number of benzene rings is 2. The molecule has 0 amide bonds. The van der Waals surface area contributed by atoms with E-state index in [4.69, 9.17) is 5.73 Å². The van der Waals surface area contributed by atoms with Gasteiger partial charge in [-0.05, 0) is 35.1 Å². The Bertz CT molecular complexity index is 666. The number of hydrogen-bond donors (Lipinski definition) is 1. The summed E-state index contributed by atoms with van der Waals surface area (Å²) in [5, 5.41) is 1.28. The van der Waals surface area contributed by atoms with Gasteiger partial charge in [-0.3, -0.25) is 0 Å². The van der Waals surface area contributed by atoms with Crippen LogP contribution >= 0.6 is 11.3 Å². The third-order valence-electron chi connectivity index (χ3n) is 3.47. The van der Waals surface area contributed by atoms with Crippen LogP contribution in [0, 0.1) is 0 Å². The van der Waals surface area contributed by atoms with Gasteiger partial charge in [0.2, 0.25) is 0 Å². The maximum Gasteiger partial charge on any atom is 0.0646 e. The number of fused-ring (bicyclic) bond motifs is 1. The van der Waals surface area contributed by atoms with Crippen molar-refractivity contribution in [2.75, 3.05) is 0 Å². The molecule has 0 radical (unpaired) electrons. The molecule has 2 N–H and O–H groups in total. The van der Waals surface area contributed by atoms with Crippen molar-refractivity contribution in [1.82, 2.24) is 0 Å². The molecule has 96 valence electrons. The van der Waals surface area contributed by atoms with Crippen LogP contribution < -0.4 is 5.73 Å². The minimum Gasteiger partial charge on any atom is -0.320 e. The molecule has 2 heteroatoms. The Morgan fingerprint density at radius 1 is 1.05 bits per heavy atom. The molecular formula is C17H17NS. The van der Waals surface area contributed by atoms with Gasteiger partial charge in [0.1, 0.15) is 0 Å². The molecule has 0 aliphatic carbocycles. The van der Waals surface area contributed by atoms with Gasteiger partial charge in [-0.2, -0.15) is 0 Å². The van der Waals surface area contributed by atoms with Crippen LogP contribution in [0.3, 0.4) is 0 Å². The molecule has 2 aromatic carbocycles. The second-order valence-electron chi connectivity index (χ2n) is 4.76. The van der Waals surface area contributed by atoms with Crippen molar-refractivity contribution in [2.24, 2.45) is 5.73 Å². The predicted molar refractivity (Wildman–Crippen MR) is 83.7 cm³/mol. The van der Waals surface area contributed by atoms with Crippen molar-refractivity contribution < 1.29 is 0 Å². The first-order chi connectivity index (χ1) is 9.28. The van der Waals surface area contributed by atoms with Crippen LogP contribution in [0.1, 0.15) is 29.0 Å². The highest BCUT2D eigenvalue weighted by Gasteiger charge is 2.12. The van der Waals surface area contributed by atoms with Crippen LogP contribution in [-0.2, 0) is 6.42 Å². The number of hydrogen-bond acceptors (Lipinski definition) is 2. The molecule has 0 bridgehead atoms. The second kappa shape index (κ2) is 5.16. The molecule has 1 nitrogen and oxygen atoms in total. The van der Waals surface area contributed by atoms with E-state index in [-0.39, 0.29) is 6.04 Å². The fraction of sp³-hybridized carbons (Fsp3) is 0.176. The van der Waals surface area contributed by atoms with E-state index in [1.54, 1.807) is 11.3 Å². The van der Waals surface area contributed by atoms with E-state index in [1.807, 2.05) is 0 Å². The summed E-state index contributed by atoms with van der Waals surface area (Å²) in [5.41, 5.74) is 8.96. The molecule has 3 rings (SSSR count). The lowest BCUT2D eigenvalue weighted by atomic mass is 10.0. The number of thiophene rings is 1. The fourth-order valence-corrected chi connectivity index (χ4v) is 3.42. The van der Waals surface area contributed by atoms with Gasteiger partial charge in [-0.25, -0.2) is 0 Å². The van der Waals surface area contributed by atoms with Crippen LogP contribution in [0.4, 0.5) is 0 Å². The smallest absolute Gasteiger partial charge is 0.0646 e. The lowest BCUT2D eigenvalue weighted by molar-refractivity contribution is 0.889. The normalized spacial score (nSPS) is 12.7. The van der Waals surface area contributed by atoms with E-state index in [2.05, 4.69) is 61.5 Å². The van der Waals surface area contributed by atoms with Gasteiger partial charge in [-0.1, -0.05) is 49.4 Å². The maximum atomic E-state index is 6.41. The first-order valence-electron chi connectivity index (χ1n) is 6.61. The first-order valence-corrected chi connectivity index (χ1v) is 7.42. The van der Waals surface area contributed by atoms with Gasteiger partial charge in [0.05, 0.1) is 6.04 Å². The summed E-state index contributed by atoms with van der Waals surface area (Å²) in [6.07, 6.45) is 1.05. The van der Waals surface area contributed by atoms with E-state index >= 15 is 0 Å². The van der Waals surface area contributed by atoms with Gasteiger partial charge >= 0.3 is 0 Å².